The summed E-state index contributed by atoms with van der Waals surface area (Å²) in [6, 6.07) is 7.97. The molecule has 1 aliphatic rings. The van der Waals surface area contributed by atoms with Crippen molar-refractivity contribution in [2.75, 3.05) is 26.7 Å². The van der Waals surface area contributed by atoms with Crippen molar-refractivity contribution in [2.24, 2.45) is 0 Å². The van der Waals surface area contributed by atoms with Crippen molar-refractivity contribution >= 4 is 18.3 Å². The maximum Gasteiger partial charge on any atom is 0.252 e. The Balaban J connectivity index is 0.00000288. The molecule has 24 heavy (non-hydrogen) atoms. The Morgan fingerprint density at radius 2 is 2.08 bits per heavy atom. The molecule has 5 nitrogen and oxygen atoms in total. The number of halogens is 1. The Bertz CT molecular complexity index is 519. The maximum atomic E-state index is 12.6. The fourth-order valence-corrected chi connectivity index (χ4v) is 2.87. The number of rotatable bonds is 7. The van der Waals surface area contributed by atoms with E-state index in [2.05, 4.69) is 17.6 Å². The molecule has 2 N–H and O–H groups in total. The third-order valence-electron chi connectivity index (χ3n) is 4.45. The zero-order valence-corrected chi connectivity index (χ0v) is 15.6. The van der Waals surface area contributed by atoms with Crippen molar-refractivity contribution < 1.29 is 14.3 Å². The van der Waals surface area contributed by atoms with Crippen LogP contribution in [0.1, 0.15) is 31.7 Å². The number of hydrogen-bond donors (Lipinski definition) is 2. The lowest BCUT2D eigenvalue weighted by Crippen LogP contribution is -2.55. The highest BCUT2D eigenvalue weighted by Gasteiger charge is 2.39. The van der Waals surface area contributed by atoms with Crippen LogP contribution in [0.4, 0.5) is 0 Å². The van der Waals surface area contributed by atoms with Crippen LogP contribution in [0, 0.1) is 6.92 Å². The normalized spacial score (nSPS) is 17.5. The van der Waals surface area contributed by atoms with Gasteiger partial charge in [-0.3, -0.25) is 4.79 Å². The largest absolute Gasteiger partial charge is 0.489 e. The number of amides is 1. The van der Waals surface area contributed by atoms with E-state index in [-0.39, 0.29) is 24.4 Å². The van der Waals surface area contributed by atoms with E-state index in [1.54, 1.807) is 7.11 Å². The van der Waals surface area contributed by atoms with Crippen molar-refractivity contribution in [1.82, 2.24) is 10.6 Å². The number of hydrogen-bond acceptors (Lipinski definition) is 4. The molecule has 0 bridgehead atoms. The summed E-state index contributed by atoms with van der Waals surface area (Å²) in [6.45, 7) is 6.19. The van der Waals surface area contributed by atoms with E-state index in [9.17, 15) is 4.79 Å². The van der Waals surface area contributed by atoms with Crippen LogP contribution in [0.2, 0.25) is 0 Å². The molecule has 1 atom stereocenters. The molecule has 1 amide bonds. The van der Waals surface area contributed by atoms with Gasteiger partial charge in [0, 0.05) is 7.11 Å². The molecule has 1 aromatic carbocycles. The minimum absolute atomic E-state index is 0. The molecule has 136 valence electrons. The van der Waals surface area contributed by atoms with Gasteiger partial charge >= 0.3 is 0 Å². The summed E-state index contributed by atoms with van der Waals surface area (Å²) in [5.41, 5.74) is 0.460. The number of nitrogens with one attached hydrogen (secondary N) is 2. The van der Waals surface area contributed by atoms with Gasteiger partial charge in [-0.1, -0.05) is 19.1 Å². The summed E-state index contributed by atoms with van der Waals surface area (Å²) in [5.74, 6) is 0.808. The Morgan fingerprint density at radius 3 is 2.67 bits per heavy atom. The summed E-state index contributed by atoms with van der Waals surface area (Å²) in [4.78, 5) is 12.6. The van der Waals surface area contributed by atoms with Gasteiger partial charge in [-0.15, -0.1) is 12.4 Å². The van der Waals surface area contributed by atoms with E-state index in [0.717, 1.165) is 30.8 Å². The third-order valence-corrected chi connectivity index (χ3v) is 4.45. The minimum atomic E-state index is -0.702. The van der Waals surface area contributed by atoms with Gasteiger partial charge in [-0.05, 0) is 57.0 Å². The number of carbonyl (C=O) groups is 1. The second kappa shape index (κ2) is 9.87. The quantitative estimate of drug-likeness (QED) is 0.788. The lowest BCUT2D eigenvalue weighted by molar-refractivity contribution is -0.147. The Kier molecular flexibility index (Phi) is 8.53. The highest BCUT2D eigenvalue weighted by Crippen LogP contribution is 2.22. The zero-order valence-electron chi connectivity index (χ0n) is 14.8. The number of carbonyl (C=O) groups excluding carboxylic acids is 1. The second-order valence-corrected chi connectivity index (χ2v) is 6.12. The molecule has 0 aliphatic carbocycles. The smallest absolute Gasteiger partial charge is 0.252 e. The number of methoxy groups -OCH3 is 1. The maximum absolute atomic E-state index is 12.6. The number of aryl methyl sites for hydroxylation is 1. The predicted molar refractivity (Wildman–Crippen MR) is 98.0 cm³/mol. The molecule has 0 radical (unpaired) electrons. The van der Waals surface area contributed by atoms with Crippen LogP contribution in [-0.2, 0) is 9.53 Å². The van der Waals surface area contributed by atoms with E-state index in [1.807, 2.05) is 31.2 Å². The Morgan fingerprint density at radius 1 is 1.38 bits per heavy atom. The predicted octanol–water partition coefficient (Wildman–Crippen LogP) is 2.46. The van der Waals surface area contributed by atoms with Gasteiger partial charge in [-0.25, -0.2) is 0 Å². The second-order valence-electron chi connectivity index (χ2n) is 6.12. The summed E-state index contributed by atoms with van der Waals surface area (Å²) in [6.07, 6.45) is 2.18. The number of benzene rings is 1. The molecule has 1 heterocycles. The summed E-state index contributed by atoms with van der Waals surface area (Å²) < 4.78 is 11.5. The van der Waals surface area contributed by atoms with Crippen LogP contribution >= 0.6 is 12.4 Å². The first-order valence-corrected chi connectivity index (χ1v) is 8.37. The fourth-order valence-electron chi connectivity index (χ4n) is 2.87. The van der Waals surface area contributed by atoms with Crippen molar-refractivity contribution in [2.45, 2.75) is 44.8 Å². The minimum Gasteiger partial charge on any atom is -0.489 e. The van der Waals surface area contributed by atoms with E-state index in [4.69, 9.17) is 9.47 Å². The molecule has 0 saturated carbocycles. The topological polar surface area (TPSA) is 59.6 Å². The molecular weight excluding hydrogens is 328 g/mol. The first kappa shape index (κ1) is 20.7. The van der Waals surface area contributed by atoms with Crippen molar-refractivity contribution in [3.8, 4) is 5.75 Å². The van der Waals surface area contributed by atoms with E-state index >= 15 is 0 Å². The molecule has 6 heteroatoms. The Labute approximate surface area is 150 Å². The molecule has 1 unspecified atom stereocenters. The van der Waals surface area contributed by atoms with Crippen molar-refractivity contribution in [3.63, 3.8) is 0 Å². The van der Waals surface area contributed by atoms with Crippen LogP contribution in [-0.4, -0.2) is 44.4 Å². The molecule has 1 aromatic rings. The van der Waals surface area contributed by atoms with E-state index in [0.29, 0.717) is 19.4 Å². The van der Waals surface area contributed by atoms with Gasteiger partial charge in [0.1, 0.15) is 17.5 Å². The molecule has 1 fully saturated rings. The highest BCUT2D eigenvalue weighted by atomic mass is 35.5. The highest BCUT2D eigenvalue weighted by molar-refractivity contribution is 5.85. The molecule has 1 saturated heterocycles. The monoisotopic (exact) mass is 356 g/mol. The van der Waals surface area contributed by atoms with Crippen molar-refractivity contribution in [3.05, 3.63) is 29.8 Å². The molecular formula is C18H29ClN2O3. The van der Waals surface area contributed by atoms with E-state index in [1.165, 1.54) is 0 Å². The van der Waals surface area contributed by atoms with Gasteiger partial charge < -0.3 is 20.1 Å². The van der Waals surface area contributed by atoms with Crippen LogP contribution in [0.3, 0.4) is 0 Å². The van der Waals surface area contributed by atoms with Gasteiger partial charge in [0.15, 0.2) is 0 Å². The van der Waals surface area contributed by atoms with Gasteiger partial charge in [0.25, 0.3) is 5.91 Å². The molecule has 0 aromatic heterocycles. The van der Waals surface area contributed by atoms with Gasteiger partial charge in [0.05, 0.1) is 6.54 Å². The molecule has 0 spiro atoms. The standard InChI is InChI=1S/C18H28N2O3.ClH/c1-4-15(23-16-7-5-6-14(2)12-16)13-20-17(21)18(22-3)8-10-19-11-9-18;/h5-7,12,15,19H,4,8-11,13H2,1-3H3,(H,20,21);1H. The van der Waals surface area contributed by atoms with Crippen LogP contribution in [0.25, 0.3) is 0 Å². The zero-order chi connectivity index (χ0) is 16.7. The summed E-state index contributed by atoms with van der Waals surface area (Å²) in [7, 11) is 1.62. The molecule has 1 aliphatic heterocycles. The SMILES string of the molecule is CCC(CNC(=O)C1(OC)CCNCC1)Oc1cccc(C)c1.Cl. The lowest BCUT2D eigenvalue weighted by Gasteiger charge is -2.35. The molecule has 2 rings (SSSR count). The lowest BCUT2D eigenvalue weighted by atomic mass is 9.91. The van der Waals surface area contributed by atoms with Crippen LogP contribution < -0.4 is 15.4 Å². The first-order valence-electron chi connectivity index (χ1n) is 8.37. The first-order chi connectivity index (χ1) is 11.1. The average Bonchev–Trinajstić information content (AvgIpc) is 2.58. The summed E-state index contributed by atoms with van der Waals surface area (Å²) >= 11 is 0. The summed E-state index contributed by atoms with van der Waals surface area (Å²) in [5, 5.41) is 6.27. The number of ether oxygens (including phenoxy) is 2. The Hall–Kier alpha value is -1.30. The van der Waals surface area contributed by atoms with Crippen LogP contribution in [0.5, 0.6) is 5.75 Å². The fraction of sp³-hybridized carbons (Fsp3) is 0.611. The third kappa shape index (κ3) is 5.36. The van der Waals surface area contributed by atoms with Gasteiger partial charge in [0.2, 0.25) is 0 Å². The van der Waals surface area contributed by atoms with Gasteiger partial charge in [-0.2, -0.15) is 0 Å². The average molecular weight is 357 g/mol. The number of piperidine rings is 1. The van der Waals surface area contributed by atoms with E-state index < -0.39 is 5.60 Å². The van der Waals surface area contributed by atoms with Crippen molar-refractivity contribution in [1.29, 1.82) is 0 Å². The van der Waals surface area contributed by atoms with Crippen LogP contribution in [0.15, 0.2) is 24.3 Å².